The molecule has 0 spiro atoms. The molecule has 0 radical (unpaired) electrons. The van der Waals surface area contributed by atoms with E-state index >= 15 is 0 Å². The average Bonchev–Trinajstić information content (AvgIpc) is 2.81. The fourth-order valence-electron chi connectivity index (χ4n) is 2.11. The number of carboxylic acids is 1. The summed E-state index contributed by atoms with van der Waals surface area (Å²) in [6.07, 6.45) is 0.538. The van der Waals surface area contributed by atoms with E-state index in [0.717, 1.165) is 10.0 Å². The van der Waals surface area contributed by atoms with Gasteiger partial charge in [-0.15, -0.1) is 0 Å². The highest BCUT2D eigenvalue weighted by atomic mass is 79.9. The van der Waals surface area contributed by atoms with Crippen LogP contribution in [-0.4, -0.2) is 35.0 Å². The van der Waals surface area contributed by atoms with Crippen LogP contribution in [-0.2, 0) is 4.79 Å². The maximum Gasteiger partial charge on any atom is 0.308 e. The molecule has 0 saturated carbocycles. The first-order chi connectivity index (χ1) is 8.49. The van der Waals surface area contributed by atoms with E-state index in [4.69, 9.17) is 5.11 Å². The molecule has 5 heteroatoms. The number of rotatable bonds is 2. The lowest BCUT2D eigenvalue weighted by Gasteiger charge is -2.16. The summed E-state index contributed by atoms with van der Waals surface area (Å²) in [5.74, 6) is -1.34. The second kappa shape index (κ2) is 5.10. The van der Waals surface area contributed by atoms with Gasteiger partial charge in [-0.05, 0) is 37.1 Å². The van der Waals surface area contributed by atoms with Gasteiger partial charge in [0.15, 0.2) is 0 Å². The average molecular weight is 312 g/mol. The van der Waals surface area contributed by atoms with E-state index in [2.05, 4.69) is 15.9 Å². The van der Waals surface area contributed by atoms with Gasteiger partial charge < -0.3 is 10.0 Å². The molecule has 1 atom stereocenters. The second-order valence-electron chi connectivity index (χ2n) is 4.54. The van der Waals surface area contributed by atoms with Crippen LogP contribution in [0.4, 0.5) is 0 Å². The summed E-state index contributed by atoms with van der Waals surface area (Å²) in [7, 11) is 0. The molecular formula is C13H14BrNO3. The first-order valence-electron chi connectivity index (χ1n) is 5.77. The Kier molecular flexibility index (Phi) is 3.71. The van der Waals surface area contributed by atoms with E-state index in [9.17, 15) is 9.59 Å². The number of carbonyl (C=O) groups is 2. The molecular weight excluding hydrogens is 298 g/mol. The van der Waals surface area contributed by atoms with E-state index in [1.165, 1.54) is 0 Å². The van der Waals surface area contributed by atoms with Crippen LogP contribution in [0.1, 0.15) is 22.3 Å². The third-order valence-electron chi connectivity index (χ3n) is 3.23. The van der Waals surface area contributed by atoms with Crippen molar-refractivity contribution >= 4 is 27.8 Å². The summed E-state index contributed by atoms with van der Waals surface area (Å²) >= 11 is 3.39. The van der Waals surface area contributed by atoms with Gasteiger partial charge in [0.25, 0.3) is 5.91 Å². The number of carboxylic acid groups (broad SMARTS) is 1. The fraction of sp³-hybridized carbons (Fsp3) is 0.385. The van der Waals surface area contributed by atoms with Gasteiger partial charge in [-0.2, -0.15) is 0 Å². The van der Waals surface area contributed by atoms with Crippen LogP contribution < -0.4 is 0 Å². The number of benzene rings is 1. The number of hydrogen-bond acceptors (Lipinski definition) is 2. The van der Waals surface area contributed by atoms with Crippen LogP contribution in [0.3, 0.4) is 0 Å². The Labute approximate surface area is 114 Å². The minimum Gasteiger partial charge on any atom is -0.481 e. The summed E-state index contributed by atoms with van der Waals surface area (Å²) in [6.45, 7) is 2.75. The molecule has 1 aliphatic rings. The summed E-state index contributed by atoms with van der Waals surface area (Å²) in [6, 6.07) is 5.42. The molecule has 1 saturated heterocycles. The molecule has 1 N–H and O–H groups in total. The molecule has 0 bridgehead atoms. The summed E-state index contributed by atoms with van der Waals surface area (Å²) in [5.41, 5.74) is 1.61. The quantitative estimate of drug-likeness (QED) is 0.911. The molecule has 0 aromatic heterocycles. The van der Waals surface area contributed by atoms with E-state index in [1.54, 1.807) is 11.0 Å². The largest absolute Gasteiger partial charge is 0.481 e. The third-order valence-corrected chi connectivity index (χ3v) is 4.12. The zero-order valence-corrected chi connectivity index (χ0v) is 11.6. The van der Waals surface area contributed by atoms with Gasteiger partial charge in [0, 0.05) is 23.1 Å². The van der Waals surface area contributed by atoms with Crippen LogP contribution in [0, 0.1) is 12.8 Å². The lowest BCUT2D eigenvalue weighted by molar-refractivity contribution is -0.141. The lowest BCUT2D eigenvalue weighted by Crippen LogP contribution is -2.29. The molecule has 1 aliphatic heterocycles. The Bertz CT molecular complexity index is 501. The molecule has 18 heavy (non-hydrogen) atoms. The van der Waals surface area contributed by atoms with Gasteiger partial charge in [0.05, 0.1) is 5.92 Å². The summed E-state index contributed by atoms with van der Waals surface area (Å²) < 4.78 is 0.962. The van der Waals surface area contributed by atoms with Crippen molar-refractivity contribution in [1.82, 2.24) is 4.90 Å². The minimum absolute atomic E-state index is 0.0886. The van der Waals surface area contributed by atoms with E-state index in [1.807, 2.05) is 19.1 Å². The highest BCUT2D eigenvalue weighted by Gasteiger charge is 2.31. The topological polar surface area (TPSA) is 57.6 Å². The summed E-state index contributed by atoms with van der Waals surface area (Å²) in [5, 5.41) is 8.92. The van der Waals surface area contributed by atoms with Crippen LogP contribution in [0.2, 0.25) is 0 Å². The molecule has 1 heterocycles. The number of carbonyl (C=O) groups excluding carboxylic acids is 1. The van der Waals surface area contributed by atoms with Crippen LogP contribution >= 0.6 is 15.9 Å². The maximum absolute atomic E-state index is 12.2. The zero-order valence-electron chi connectivity index (χ0n) is 10.0. The first kappa shape index (κ1) is 13.1. The van der Waals surface area contributed by atoms with Crippen molar-refractivity contribution in [3.8, 4) is 0 Å². The molecule has 1 aromatic carbocycles. The predicted molar refractivity (Wildman–Crippen MR) is 70.5 cm³/mol. The Hall–Kier alpha value is -1.36. The zero-order chi connectivity index (χ0) is 13.3. The van der Waals surface area contributed by atoms with Crippen molar-refractivity contribution in [1.29, 1.82) is 0 Å². The van der Waals surface area contributed by atoms with E-state index in [0.29, 0.717) is 25.1 Å². The predicted octanol–water partition coefficient (Wildman–Crippen LogP) is 2.30. The van der Waals surface area contributed by atoms with Crippen molar-refractivity contribution in [2.75, 3.05) is 13.1 Å². The fourth-order valence-corrected chi connectivity index (χ4v) is 2.35. The second-order valence-corrected chi connectivity index (χ2v) is 5.39. The smallest absolute Gasteiger partial charge is 0.308 e. The van der Waals surface area contributed by atoms with Crippen molar-refractivity contribution in [3.63, 3.8) is 0 Å². The van der Waals surface area contributed by atoms with Crippen molar-refractivity contribution in [2.24, 2.45) is 5.92 Å². The number of halogens is 1. The number of amides is 1. The number of hydrogen-bond donors (Lipinski definition) is 1. The van der Waals surface area contributed by atoms with Gasteiger partial charge in [-0.3, -0.25) is 9.59 Å². The Morgan fingerprint density at radius 1 is 1.44 bits per heavy atom. The highest BCUT2D eigenvalue weighted by molar-refractivity contribution is 9.10. The monoisotopic (exact) mass is 311 g/mol. The Morgan fingerprint density at radius 3 is 2.72 bits per heavy atom. The lowest BCUT2D eigenvalue weighted by atomic mass is 10.1. The van der Waals surface area contributed by atoms with Crippen molar-refractivity contribution in [2.45, 2.75) is 13.3 Å². The van der Waals surface area contributed by atoms with Gasteiger partial charge >= 0.3 is 5.97 Å². The van der Waals surface area contributed by atoms with Gasteiger partial charge in [0.1, 0.15) is 0 Å². The SMILES string of the molecule is Cc1cc(C(=O)N2CCC(C(=O)O)C2)ccc1Br. The molecule has 0 aliphatic carbocycles. The van der Waals surface area contributed by atoms with Crippen LogP contribution in [0.25, 0.3) is 0 Å². The maximum atomic E-state index is 12.2. The molecule has 4 nitrogen and oxygen atoms in total. The van der Waals surface area contributed by atoms with Gasteiger partial charge in [0.2, 0.25) is 0 Å². The van der Waals surface area contributed by atoms with E-state index < -0.39 is 11.9 Å². The van der Waals surface area contributed by atoms with Crippen molar-refractivity contribution in [3.05, 3.63) is 33.8 Å². The molecule has 96 valence electrons. The minimum atomic E-state index is -0.822. The molecule has 1 amide bonds. The van der Waals surface area contributed by atoms with Crippen LogP contribution in [0.15, 0.2) is 22.7 Å². The normalized spacial score (nSPS) is 19.0. The third kappa shape index (κ3) is 2.56. The first-order valence-corrected chi connectivity index (χ1v) is 6.56. The number of aryl methyl sites for hydroxylation is 1. The standard InChI is InChI=1S/C13H14BrNO3/c1-8-6-9(2-3-11(8)14)12(16)15-5-4-10(7-15)13(17)18/h2-3,6,10H,4-5,7H2,1H3,(H,17,18). The molecule has 1 fully saturated rings. The van der Waals surface area contributed by atoms with Crippen molar-refractivity contribution < 1.29 is 14.7 Å². The molecule has 2 rings (SSSR count). The van der Waals surface area contributed by atoms with Gasteiger partial charge in [-0.1, -0.05) is 15.9 Å². The molecule has 1 aromatic rings. The number of aliphatic carboxylic acids is 1. The molecule has 1 unspecified atom stereocenters. The van der Waals surface area contributed by atoms with Crippen LogP contribution in [0.5, 0.6) is 0 Å². The Morgan fingerprint density at radius 2 is 2.17 bits per heavy atom. The highest BCUT2D eigenvalue weighted by Crippen LogP contribution is 2.22. The Balaban J connectivity index is 2.12. The number of nitrogens with zero attached hydrogens (tertiary/aromatic N) is 1. The van der Waals surface area contributed by atoms with E-state index in [-0.39, 0.29) is 5.91 Å². The van der Waals surface area contributed by atoms with Gasteiger partial charge in [-0.25, -0.2) is 0 Å². The number of likely N-dealkylation sites (tertiary alicyclic amines) is 1. The summed E-state index contributed by atoms with van der Waals surface area (Å²) in [4.78, 5) is 24.7.